The summed E-state index contributed by atoms with van der Waals surface area (Å²) in [5.74, 6) is 0.960. The Morgan fingerprint density at radius 1 is 1.26 bits per heavy atom. The number of rotatable bonds is 3. The first kappa shape index (κ1) is 13.5. The van der Waals surface area contributed by atoms with E-state index < -0.39 is 0 Å². The van der Waals surface area contributed by atoms with Gasteiger partial charge in [-0.1, -0.05) is 0 Å². The molecule has 0 atom stereocenters. The van der Waals surface area contributed by atoms with E-state index in [1.54, 1.807) is 44.7 Å². The van der Waals surface area contributed by atoms with Crippen LogP contribution in [-0.2, 0) is 0 Å². The second kappa shape index (κ2) is 5.79. The van der Waals surface area contributed by atoms with Crippen LogP contribution in [0.25, 0.3) is 0 Å². The van der Waals surface area contributed by atoms with Crippen molar-refractivity contribution in [1.82, 2.24) is 14.9 Å². The highest BCUT2D eigenvalue weighted by Crippen LogP contribution is 2.23. The number of ether oxygens (including phenoxy) is 1. The number of pyridine rings is 2. The van der Waals surface area contributed by atoms with E-state index in [2.05, 4.69) is 25.9 Å². The summed E-state index contributed by atoms with van der Waals surface area (Å²) in [6.07, 6.45) is 4.80. The molecule has 2 aromatic heterocycles. The van der Waals surface area contributed by atoms with Gasteiger partial charge in [0.2, 0.25) is 0 Å². The highest BCUT2D eigenvalue weighted by molar-refractivity contribution is 9.10. The van der Waals surface area contributed by atoms with Crippen molar-refractivity contribution in [2.24, 2.45) is 0 Å². The van der Waals surface area contributed by atoms with Gasteiger partial charge in [0, 0.05) is 37.0 Å². The second-order valence-electron chi connectivity index (χ2n) is 4.02. The second-order valence-corrected chi connectivity index (χ2v) is 4.93. The molecule has 2 aromatic rings. The molecule has 0 aromatic carbocycles. The summed E-state index contributed by atoms with van der Waals surface area (Å²) in [6.45, 7) is 0. The molecule has 0 spiro atoms. The van der Waals surface area contributed by atoms with Gasteiger partial charge in [-0.05, 0) is 28.1 Å². The van der Waals surface area contributed by atoms with Crippen LogP contribution >= 0.6 is 15.9 Å². The van der Waals surface area contributed by atoms with E-state index in [1.165, 1.54) is 11.1 Å². The van der Waals surface area contributed by atoms with Crippen LogP contribution in [0.3, 0.4) is 0 Å². The van der Waals surface area contributed by atoms with Gasteiger partial charge in [0.15, 0.2) is 0 Å². The molecule has 2 rings (SSSR count). The molecule has 0 saturated heterocycles. The minimum atomic E-state index is -0.169. The fourth-order valence-corrected chi connectivity index (χ4v) is 1.75. The Labute approximate surface area is 119 Å². The van der Waals surface area contributed by atoms with E-state index in [0.717, 1.165) is 4.47 Å². The maximum Gasteiger partial charge on any atom is 0.272 e. The van der Waals surface area contributed by atoms with E-state index in [4.69, 9.17) is 4.74 Å². The quantitative estimate of drug-likeness (QED) is 0.872. The Bertz CT molecular complexity index is 602. The molecule has 5 nitrogen and oxygen atoms in total. The molecule has 2 heterocycles. The Morgan fingerprint density at radius 3 is 2.74 bits per heavy atom. The molecule has 1 amide bonds. The first-order valence-corrected chi connectivity index (χ1v) is 6.31. The summed E-state index contributed by atoms with van der Waals surface area (Å²) < 4.78 is 6.45. The summed E-state index contributed by atoms with van der Waals surface area (Å²) in [5, 5.41) is 0. The maximum absolute atomic E-state index is 11.8. The molecule has 0 fully saturated rings. The van der Waals surface area contributed by atoms with E-state index in [0.29, 0.717) is 17.2 Å². The van der Waals surface area contributed by atoms with E-state index in [9.17, 15) is 4.79 Å². The third kappa shape index (κ3) is 3.51. The Kier molecular flexibility index (Phi) is 4.11. The zero-order chi connectivity index (χ0) is 13.8. The van der Waals surface area contributed by atoms with Gasteiger partial charge in [-0.25, -0.2) is 0 Å². The van der Waals surface area contributed by atoms with Crippen LogP contribution in [0.15, 0.2) is 41.3 Å². The Hall–Kier alpha value is -1.95. The van der Waals surface area contributed by atoms with Gasteiger partial charge >= 0.3 is 0 Å². The zero-order valence-electron chi connectivity index (χ0n) is 10.5. The summed E-state index contributed by atoms with van der Waals surface area (Å²) in [7, 11) is 3.35. The molecule has 0 aliphatic rings. The lowest BCUT2D eigenvalue weighted by atomic mass is 10.3. The summed E-state index contributed by atoms with van der Waals surface area (Å²) >= 11 is 3.32. The lowest BCUT2D eigenvalue weighted by Gasteiger charge is -2.10. The lowest BCUT2D eigenvalue weighted by Crippen LogP contribution is -2.22. The largest absolute Gasteiger partial charge is 0.456 e. The van der Waals surface area contributed by atoms with E-state index in [-0.39, 0.29) is 5.91 Å². The number of carbonyl (C=O) groups excluding carboxylic acids is 1. The fraction of sp³-hybridized carbons (Fsp3) is 0.154. The molecule has 19 heavy (non-hydrogen) atoms. The zero-order valence-corrected chi connectivity index (χ0v) is 12.1. The third-order valence-corrected chi connectivity index (χ3v) is 2.71. The lowest BCUT2D eigenvalue weighted by molar-refractivity contribution is 0.0821. The highest BCUT2D eigenvalue weighted by atomic mass is 79.9. The van der Waals surface area contributed by atoms with Crippen molar-refractivity contribution in [2.45, 2.75) is 0 Å². The van der Waals surface area contributed by atoms with Gasteiger partial charge in [0.1, 0.15) is 17.2 Å². The van der Waals surface area contributed by atoms with Crippen LogP contribution in [0.2, 0.25) is 0 Å². The smallest absolute Gasteiger partial charge is 0.272 e. The van der Waals surface area contributed by atoms with Crippen molar-refractivity contribution < 1.29 is 9.53 Å². The van der Waals surface area contributed by atoms with Crippen LogP contribution in [0, 0.1) is 0 Å². The van der Waals surface area contributed by atoms with Crippen molar-refractivity contribution in [3.8, 4) is 11.5 Å². The predicted molar refractivity (Wildman–Crippen MR) is 74.3 cm³/mol. The average Bonchev–Trinajstić information content (AvgIpc) is 2.38. The summed E-state index contributed by atoms with van der Waals surface area (Å²) in [4.78, 5) is 21.3. The average molecular weight is 322 g/mol. The number of halogens is 1. The molecule has 0 radical (unpaired) electrons. The van der Waals surface area contributed by atoms with E-state index in [1.807, 2.05) is 0 Å². The topological polar surface area (TPSA) is 55.3 Å². The van der Waals surface area contributed by atoms with Gasteiger partial charge in [0.05, 0.1) is 6.20 Å². The molecule has 98 valence electrons. The predicted octanol–water partition coefficient (Wildman–Crippen LogP) is 2.73. The number of amides is 1. The van der Waals surface area contributed by atoms with Crippen molar-refractivity contribution >= 4 is 21.8 Å². The minimum absolute atomic E-state index is 0.169. The number of hydrogen-bond donors (Lipinski definition) is 0. The van der Waals surface area contributed by atoms with Crippen LogP contribution in [0.1, 0.15) is 10.5 Å². The highest BCUT2D eigenvalue weighted by Gasteiger charge is 2.10. The molecule has 0 N–H and O–H groups in total. The monoisotopic (exact) mass is 321 g/mol. The molecule has 0 saturated carbocycles. The molecule has 0 aliphatic carbocycles. The van der Waals surface area contributed by atoms with Gasteiger partial charge in [0.25, 0.3) is 5.91 Å². The SMILES string of the molecule is CN(C)C(=O)c1cc(Oc2cncc(Br)c2)ccn1. The van der Waals surface area contributed by atoms with Crippen molar-refractivity contribution in [1.29, 1.82) is 0 Å². The van der Waals surface area contributed by atoms with Crippen LogP contribution in [0.4, 0.5) is 0 Å². The molecule has 0 unspecified atom stereocenters. The maximum atomic E-state index is 11.8. The summed E-state index contributed by atoms with van der Waals surface area (Å²) in [6, 6.07) is 5.08. The molecule has 0 aliphatic heterocycles. The van der Waals surface area contributed by atoms with Crippen LogP contribution < -0.4 is 4.74 Å². The first-order valence-electron chi connectivity index (χ1n) is 5.52. The molecule has 6 heteroatoms. The third-order valence-electron chi connectivity index (χ3n) is 2.27. The van der Waals surface area contributed by atoms with Gasteiger partial charge < -0.3 is 9.64 Å². The van der Waals surface area contributed by atoms with Crippen LogP contribution in [-0.4, -0.2) is 34.9 Å². The Morgan fingerprint density at radius 2 is 2.05 bits per heavy atom. The first-order chi connectivity index (χ1) is 9.06. The van der Waals surface area contributed by atoms with E-state index >= 15 is 0 Å². The normalized spacial score (nSPS) is 10.1. The number of nitrogens with zero attached hydrogens (tertiary/aromatic N) is 3. The van der Waals surface area contributed by atoms with Crippen LogP contribution in [0.5, 0.6) is 11.5 Å². The number of hydrogen-bond acceptors (Lipinski definition) is 4. The van der Waals surface area contributed by atoms with Crippen molar-refractivity contribution in [3.63, 3.8) is 0 Å². The molecular weight excluding hydrogens is 310 g/mol. The van der Waals surface area contributed by atoms with Gasteiger partial charge in [-0.3, -0.25) is 14.8 Å². The van der Waals surface area contributed by atoms with Crippen molar-refractivity contribution in [3.05, 3.63) is 47.0 Å². The standard InChI is InChI=1S/C13H12BrN3O2/c1-17(2)13(18)12-6-10(3-4-16-12)19-11-5-9(14)7-15-8-11/h3-8H,1-2H3. The summed E-state index contributed by atoms with van der Waals surface area (Å²) in [5.41, 5.74) is 0.338. The molecular formula is C13H12BrN3O2. The van der Waals surface area contributed by atoms with Crippen molar-refractivity contribution in [2.75, 3.05) is 14.1 Å². The van der Waals surface area contributed by atoms with Gasteiger partial charge in [-0.15, -0.1) is 0 Å². The minimum Gasteiger partial charge on any atom is -0.456 e. The fourth-order valence-electron chi connectivity index (χ4n) is 1.40. The Balaban J connectivity index is 2.22. The number of aromatic nitrogens is 2. The molecule has 0 bridgehead atoms. The number of carbonyl (C=O) groups is 1. The van der Waals surface area contributed by atoms with Gasteiger partial charge in [-0.2, -0.15) is 0 Å².